The van der Waals surface area contributed by atoms with Crippen LogP contribution >= 0.6 is 0 Å². The van der Waals surface area contributed by atoms with Gasteiger partial charge in [-0.15, -0.1) is 0 Å². The Morgan fingerprint density at radius 1 is 1.40 bits per heavy atom. The smallest absolute Gasteiger partial charge is 0.272 e. The number of anilines is 1. The van der Waals surface area contributed by atoms with Crippen LogP contribution in [0.25, 0.3) is 0 Å². The number of hydrogen-bond donors (Lipinski definition) is 1. The molecule has 0 atom stereocenters. The normalized spacial score (nSPS) is 10.7. The van der Waals surface area contributed by atoms with Crippen LogP contribution in [-0.2, 0) is 4.74 Å². The summed E-state index contributed by atoms with van der Waals surface area (Å²) in [5.74, 6) is 0.673. The van der Waals surface area contributed by atoms with Crippen LogP contribution in [-0.4, -0.2) is 48.1 Å². The largest absolute Gasteiger partial charge is 0.380 e. The predicted octanol–water partition coefficient (Wildman–Crippen LogP) is 2.40. The van der Waals surface area contributed by atoms with Gasteiger partial charge >= 0.3 is 0 Å². The predicted molar refractivity (Wildman–Crippen MR) is 81.1 cm³/mol. The summed E-state index contributed by atoms with van der Waals surface area (Å²) in [5.41, 5.74) is 0.467. The molecular weight excluding hydrogens is 254 g/mol. The Labute approximate surface area is 121 Å². The molecule has 1 N–H and O–H groups in total. The molecular formula is C15H25N3O2. The average Bonchev–Trinajstić information content (AvgIpc) is 2.42. The van der Waals surface area contributed by atoms with Crippen LogP contribution in [0, 0.1) is 0 Å². The molecule has 0 saturated carbocycles. The van der Waals surface area contributed by atoms with Gasteiger partial charge in [-0.1, -0.05) is 6.07 Å². The molecule has 5 heteroatoms. The lowest BCUT2D eigenvalue weighted by molar-refractivity contribution is 0.0664. The summed E-state index contributed by atoms with van der Waals surface area (Å²) >= 11 is 0. The third-order valence-corrected chi connectivity index (χ3v) is 2.78. The van der Waals surface area contributed by atoms with Gasteiger partial charge in [-0.3, -0.25) is 4.79 Å². The number of carbonyl (C=O) groups is 1. The van der Waals surface area contributed by atoms with Gasteiger partial charge in [-0.05, 0) is 39.8 Å². The molecule has 0 radical (unpaired) electrons. The summed E-state index contributed by atoms with van der Waals surface area (Å²) in [4.78, 5) is 18.5. The molecule has 0 aromatic carbocycles. The van der Waals surface area contributed by atoms with E-state index < -0.39 is 0 Å². The Morgan fingerprint density at radius 3 is 2.75 bits per heavy atom. The summed E-state index contributed by atoms with van der Waals surface area (Å²) in [6, 6.07) is 5.75. The quantitative estimate of drug-likeness (QED) is 0.742. The highest BCUT2D eigenvalue weighted by Gasteiger charge is 2.15. The number of hydrogen-bond acceptors (Lipinski definition) is 4. The van der Waals surface area contributed by atoms with Gasteiger partial charge in [0.1, 0.15) is 11.5 Å². The first kappa shape index (κ1) is 16.4. The zero-order valence-electron chi connectivity index (χ0n) is 12.8. The van der Waals surface area contributed by atoms with Crippen molar-refractivity contribution in [3.05, 3.63) is 23.9 Å². The van der Waals surface area contributed by atoms with Gasteiger partial charge in [-0.2, -0.15) is 0 Å². The highest BCUT2D eigenvalue weighted by atomic mass is 16.5. The summed E-state index contributed by atoms with van der Waals surface area (Å²) in [7, 11) is 0. The van der Waals surface area contributed by atoms with Gasteiger partial charge in [0.05, 0.1) is 6.61 Å². The standard InChI is InChI=1S/C15H25N3O2/c1-5-18(10-11-20-6-2)15(19)13-8-7-9-14(17-13)16-12(3)4/h7-9,12H,5-6,10-11H2,1-4H3,(H,16,17). The van der Waals surface area contributed by atoms with E-state index in [0.29, 0.717) is 32.0 Å². The second-order valence-electron chi connectivity index (χ2n) is 4.79. The molecule has 5 nitrogen and oxygen atoms in total. The third kappa shape index (κ3) is 5.17. The molecule has 112 valence electrons. The van der Waals surface area contributed by atoms with Crippen LogP contribution in [0.1, 0.15) is 38.2 Å². The number of carbonyl (C=O) groups excluding carboxylic acids is 1. The fraction of sp³-hybridized carbons (Fsp3) is 0.600. The zero-order valence-corrected chi connectivity index (χ0v) is 12.8. The molecule has 0 aliphatic carbocycles. The van der Waals surface area contributed by atoms with E-state index >= 15 is 0 Å². The van der Waals surface area contributed by atoms with E-state index in [1.165, 1.54) is 0 Å². The Hall–Kier alpha value is -1.62. The fourth-order valence-electron chi connectivity index (χ4n) is 1.81. The third-order valence-electron chi connectivity index (χ3n) is 2.78. The van der Waals surface area contributed by atoms with E-state index in [0.717, 1.165) is 5.82 Å². The van der Waals surface area contributed by atoms with Crippen molar-refractivity contribution in [2.45, 2.75) is 33.7 Å². The van der Waals surface area contributed by atoms with E-state index in [1.807, 2.05) is 39.8 Å². The summed E-state index contributed by atoms with van der Waals surface area (Å²) < 4.78 is 5.30. The fourth-order valence-corrected chi connectivity index (χ4v) is 1.81. The minimum atomic E-state index is -0.0559. The first-order valence-corrected chi connectivity index (χ1v) is 7.19. The molecule has 1 aromatic heterocycles. The molecule has 1 aromatic rings. The second kappa shape index (κ2) is 8.53. The van der Waals surface area contributed by atoms with Crippen molar-refractivity contribution in [3.8, 4) is 0 Å². The van der Waals surface area contributed by atoms with E-state index in [9.17, 15) is 4.79 Å². The van der Waals surface area contributed by atoms with Crippen LogP contribution in [0.15, 0.2) is 18.2 Å². The summed E-state index contributed by atoms with van der Waals surface area (Å²) in [6.45, 7) is 10.4. The molecule has 1 rings (SSSR count). The van der Waals surface area contributed by atoms with Crippen LogP contribution in [0.5, 0.6) is 0 Å². The van der Waals surface area contributed by atoms with Gasteiger partial charge in [0.15, 0.2) is 0 Å². The number of amides is 1. The molecule has 1 heterocycles. The van der Waals surface area contributed by atoms with E-state index in [-0.39, 0.29) is 11.9 Å². The Balaban J connectivity index is 2.73. The van der Waals surface area contributed by atoms with Crippen molar-refractivity contribution >= 4 is 11.7 Å². The molecule has 0 spiro atoms. The van der Waals surface area contributed by atoms with Crippen molar-refractivity contribution < 1.29 is 9.53 Å². The first-order valence-electron chi connectivity index (χ1n) is 7.19. The van der Waals surface area contributed by atoms with Crippen LogP contribution in [0.4, 0.5) is 5.82 Å². The van der Waals surface area contributed by atoms with Gasteiger partial charge in [0, 0.05) is 25.7 Å². The van der Waals surface area contributed by atoms with Crippen molar-refractivity contribution in [2.75, 3.05) is 31.6 Å². The maximum atomic E-state index is 12.4. The highest BCUT2D eigenvalue weighted by molar-refractivity contribution is 5.92. The van der Waals surface area contributed by atoms with Gasteiger partial charge in [0.25, 0.3) is 5.91 Å². The average molecular weight is 279 g/mol. The summed E-state index contributed by atoms with van der Waals surface area (Å²) in [5, 5.41) is 3.20. The van der Waals surface area contributed by atoms with Gasteiger partial charge in [0.2, 0.25) is 0 Å². The molecule has 0 aliphatic rings. The Kier molecular flexibility index (Phi) is 7.01. The number of nitrogens with zero attached hydrogens (tertiary/aromatic N) is 2. The number of aromatic nitrogens is 1. The summed E-state index contributed by atoms with van der Waals surface area (Å²) in [6.07, 6.45) is 0. The van der Waals surface area contributed by atoms with Crippen molar-refractivity contribution in [1.29, 1.82) is 0 Å². The monoisotopic (exact) mass is 279 g/mol. The maximum absolute atomic E-state index is 12.4. The number of pyridine rings is 1. The molecule has 0 aliphatic heterocycles. The molecule has 0 bridgehead atoms. The minimum absolute atomic E-state index is 0.0559. The van der Waals surface area contributed by atoms with Gasteiger partial charge < -0.3 is 15.0 Å². The molecule has 20 heavy (non-hydrogen) atoms. The zero-order chi connectivity index (χ0) is 15.0. The number of nitrogens with one attached hydrogen (secondary N) is 1. The first-order chi connectivity index (χ1) is 9.58. The number of ether oxygens (including phenoxy) is 1. The molecule has 0 saturated heterocycles. The lowest BCUT2D eigenvalue weighted by Crippen LogP contribution is -2.34. The van der Waals surface area contributed by atoms with Crippen LogP contribution in [0.3, 0.4) is 0 Å². The maximum Gasteiger partial charge on any atom is 0.272 e. The second-order valence-corrected chi connectivity index (χ2v) is 4.79. The number of likely N-dealkylation sites (N-methyl/N-ethyl adjacent to an activating group) is 1. The van der Waals surface area contributed by atoms with E-state index in [1.54, 1.807) is 11.0 Å². The molecule has 1 amide bonds. The number of rotatable bonds is 8. The van der Waals surface area contributed by atoms with Crippen LogP contribution < -0.4 is 5.32 Å². The van der Waals surface area contributed by atoms with Crippen LogP contribution in [0.2, 0.25) is 0 Å². The van der Waals surface area contributed by atoms with Crippen molar-refractivity contribution in [3.63, 3.8) is 0 Å². The molecule has 0 unspecified atom stereocenters. The van der Waals surface area contributed by atoms with Gasteiger partial charge in [-0.25, -0.2) is 4.98 Å². The Bertz CT molecular complexity index is 421. The highest BCUT2D eigenvalue weighted by Crippen LogP contribution is 2.09. The Morgan fingerprint density at radius 2 is 2.15 bits per heavy atom. The lowest BCUT2D eigenvalue weighted by Gasteiger charge is -2.20. The lowest BCUT2D eigenvalue weighted by atomic mass is 10.3. The van der Waals surface area contributed by atoms with Crippen molar-refractivity contribution in [1.82, 2.24) is 9.88 Å². The minimum Gasteiger partial charge on any atom is -0.380 e. The molecule has 0 fully saturated rings. The van der Waals surface area contributed by atoms with E-state index in [4.69, 9.17) is 4.74 Å². The SMILES string of the molecule is CCOCCN(CC)C(=O)c1cccc(NC(C)C)n1. The van der Waals surface area contributed by atoms with Crippen molar-refractivity contribution in [2.24, 2.45) is 0 Å². The topological polar surface area (TPSA) is 54.5 Å². The van der Waals surface area contributed by atoms with E-state index in [2.05, 4.69) is 10.3 Å².